The van der Waals surface area contributed by atoms with E-state index in [1.165, 1.54) is 10.9 Å². The fourth-order valence-electron chi connectivity index (χ4n) is 1.82. The SMILES string of the molecule is CCc1c(OC)nc(C)c2[nH]ccc12. The predicted octanol–water partition coefficient (Wildman–Crippen LogP) is 2.44. The highest BCUT2D eigenvalue weighted by Gasteiger charge is 2.11. The summed E-state index contributed by atoms with van der Waals surface area (Å²) in [6.45, 7) is 4.10. The van der Waals surface area contributed by atoms with E-state index in [0.717, 1.165) is 23.5 Å². The van der Waals surface area contributed by atoms with E-state index in [4.69, 9.17) is 4.74 Å². The van der Waals surface area contributed by atoms with Crippen LogP contribution in [0.15, 0.2) is 12.3 Å². The van der Waals surface area contributed by atoms with E-state index in [9.17, 15) is 0 Å². The van der Waals surface area contributed by atoms with Crippen molar-refractivity contribution in [3.8, 4) is 5.88 Å². The van der Waals surface area contributed by atoms with Gasteiger partial charge in [0.15, 0.2) is 0 Å². The van der Waals surface area contributed by atoms with Gasteiger partial charge in [0.25, 0.3) is 0 Å². The Morgan fingerprint density at radius 1 is 1.50 bits per heavy atom. The predicted molar refractivity (Wildman–Crippen MR) is 56.8 cm³/mol. The number of fused-ring (bicyclic) bond motifs is 1. The summed E-state index contributed by atoms with van der Waals surface area (Å²) in [7, 11) is 1.67. The Balaban J connectivity index is 2.82. The summed E-state index contributed by atoms with van der Waals surface area (Å²) >= 11 is 0. The number of aromatic nitrogens is 2. The molecule has 2 aromatic rings. The van der Waals surface area contributed by atoms with E-state index in [0.29, 0.717) is 0 Å². The summed E-state index contributed by atoms with van der Waals surface area (Å²) in [5.74, 6) is 0.747. The molecule has 2 rings (SSSR count). The zero-order valence-electron chi connectivity index (χ0n) is 8.72. The first-order valence-corrected chi connectivity index (χ1v) is 4.78. The van der Waals surface area contributed by atoms with Gasteiger partial charge in [-0.25, -0.2) is 4.98 Å². The number of pyridine rings is 1. The lowest BCUT2D eigenvalue weighted by Gasteiger charge is -2.08. The summed E-state index contributed by atoms with van der Waals surface area (Å²) in [5.41, 5.74) is 3.27. The molecule has 0 amide bonds. The van der Waals surface area contributed by atoms with E-state index in [1.54, 1.807) is 7.11 Å². The highest BCUT2D eigenvalue weighted by atomic mass is 16.5. The first-order valence-electron chi connectivity index (χ1n) is 4.78. The average Bonchev–Trinajstić information content (AvgIpc) is 2.66. The van der Waals surface area contributed by atoms with Crippen molar-refractivity contribution in [2.75, 3.05) is 7.11 Å². The zero-order chi connectivity index (χ0) is 10.1. The molecule has 0 saturated carbocycles. The van der Waals surface area contributed by atoms with E-state index in [1.807, 2.05) is 13.1 Å². The molecule has 0 fully saturated rings. The van der Waals surface area contributed by atoms with Gasteiger partial charge in [-0.1, -0.05) is 6.92 Å². The van der Waals surface area contributed by atoms with Crippen molar-refractivity contribution in [3.63, 3.8) is 0 Å². The lowest BCUT2D eigenvalue weighted by atomic mass is 10.1. The van der Waals surface area contributed by atoms with Gasteiger partial charge in [-0.05, 0) is 19.4 Å². The molecule has 0 aliphatic rings. The zero-order valence-corrected chi connectivity index (χ0v) is 8.72. The number of aryl methyl sites for hydroxylation is 2. The van der Waals surface area contributed by atoms with Gasteiger partial charge in [-0.2, -0.15) is 0 Å². The number of nitrogens with one attached hydrogen (secondary N) is 1. The molecule has 0 unspecified atom stereocenters. The minimum Gasteiger partial charge on any atom is -0.481 e. The first-order chi connectivity index (χ1) is 6.77. The lowest BCUT2D eigenvalue weighted by molar-refractivity contribution is 0.393. The van der Waals surface area contributed by atoms with Gasteiger partial charge in [0.05, 0.1) is 18.3 Å². The van der Waals surface area contributed by atoms with Gasteiger partial charge < -0.3 is 9.72 Å². The topological polar surface area (TPSA) is 37.9 Å². The molecule has 2 heterocycles. The molecule has 0 aromatic carbocycles. The molecule has 0 spiro atoms. The highest BCUT2D eigenvalue weighted by molar-refractivity contribution is 5.86. The van der Waals surface area contributed by atoms with Crippen LogP contribution in [0.3, 0.4) is 0 Å². The van der Waals surface area contributed by atoms with Crippen LogP contribution in [0.5, 0.6) is 5.88 Å². The van der Waals surface area contributed by atoms with Crippen molar-refractivity contribution in [1.29, 1.82) is 0 Å². The maximum absolute atomic E-state index is 5.27. The van der Waals surface area contributed by atoms with E-state index in [2.05, 4.69) is 23.0 Å². The van der Waals surface area contributed by atoms with Crippen molar-refractivity contribution in [2.45, 2.75) is 20.3 Å². The Bertz CT molecular complexity index is 460. The number of hydrogen-bond acceptors (Lipinski definition) is 2. The van der Waals surface area contributed by atoms with Crippen LogP contribution in [0.1, 0.15) is 18.2 Å². The third kappa shape index (κ3) is 1.16. The second kappa shape index (κ2) is 3.33. The molecule has 0 saturated heterocycles. The Labute approximate surface area is 83.1 Å². The fraction of sp³-hybridized carbons (Fsp3) is 0.364. The van der Waals surface area contributed by atoms with Crippen LogP contribution in [-0.4, -0.2) is 17.1 Å². The molecule has 3 nitrogen and oxygen atoms in total. The Hall–Kier alpha value is -1.51. The molecule has 1 N–H and O–H groups in total. The lowest BCUT2D eigenvalue weighted by Crippen LogP contribution is -1.97. The average molecular weight is 190 g/mol. The number of rotatable bonds is 2. The minimum atomic E-state index is 0.747. The first kappa shape index (κ1) is 9.06. The van der Waals surface area contributed by atoms with Crippen LogP contribution in [0.2, 0.25) is 0 Å². The van der Waals surface area contributed by atoms with Crippen molar-refractivity contribution in [2.24, 2.45) is 0 Å². The fourth-order valence-corrected chi connectivity index (χ4v) is 1.82. The maximum atomic E-state index is 5.27. The Kier molecular flexibility index (Phi) is 2.15. The molecular formula is C11H14N2O. The van der Waals surface area contributed by atoms with Crippen molar-refractivity contribution in [3.05, 3.63) is 23.5 Å². The molecule has 0 atom stereocenters. The normalized spacial score (nSPS) is 10.8. The van der Waals surface area contributed by atoms with Crippen LogP contribution in [0.4, 0.5) is 0 Å². The van der Waals surface area contributed by atoms with Gasteiger partial charge in [0.1, 0.15) is 0 Å². The summed E-state index contributed by atoms with van der Waals surface area (Å²) in [5, 5.41) is 1.22. The van der Waals surface area contributed by atoms with Gasteiger partial charge in [-0.3, -0.25) is 0 Å². The summed E-state index contributed by atoms with van der Waals surface area (Å²) < 4.78 is 5.27. The summed E-state index contributed by atoms with van der Waals surface area (Å²) in [6.07, 6.45) is 2.88. The number of ether oxygens (including phenoxy) is 1. The van der Waals surface area contributed by atoms with Crippen LogP contribution >= 0.6 is 0 Å². The van der Waals surface area contributed by atoms with Gasteiger partial charge in [0.2, 0.25) is 5.88 Å². The smallest absolute Gasteiger partial charge is 0.217 e. The standard InChI is InChI=1S/C11H14N2O/c1-4-8-9-5-6-12-10(9)7(2)13-11(8)14-3/h5-6,12H,4H2,1-3H3. The van der Waals surface area contributed by atoms with E-state index >= 15 is 0 Å². The molecule has 0 aliphatic heterocycles. The number of hydrogen-bond donors (Lipinski definition) is 1. The summed E-state index contributed by atoms with van der Waals surface area (Å²) in [4.78, 5) is 7.61. The van der Waals surface area contributed by atoms with Gasteiger partial charge in [-0.15, -0.1) is 0 Å². The van der Waals surface area contributed by atoms with Crippen LogP contribution in [0.25, 0.3) is 10.9 Å². The second-order valence-electron chi connectivity index (χ2n) is 3.30. The molecular weight excluding hydrogens is 176 g/mol. The van der Waals surface area contributed by atoms with E-state index < -0.39 is 0 Å². The largest absolute Gasteiger partial charge is 0.481 e. The van der Waals surface area contributed by atoms with Gasteiger partial charge >= 0.3 is 0 Å². The van der Waals surface area contributed by atoms with Gasteiger partial charge in [0, 0.05) is 17.1 Å². The molecule has 0 bridgehead atoms. The third-order valence-electron chi connectivity index (χ3n) is 2.51. The molecule has 0 radical (unpaired) electrons. The van der Waals surface area contributed by atoms with Crippen LogP contribution < -0.4 is 4.74 Å². The number of aromatic amines is 1. The van der Waals surface area contributed by atoms with Crippen LogP contribution in [0, 0.1) is 6.92 Å². The second-order valence-corrected chi connectivity index (χ2v) is 3.30. The molecule has 0 aliphatic carbocycles. The van der Waals surface area contributed by atoms with Crippen molar-refractivity contribution in [1.82, 2.24) is 9.97 Å². The molecule has 2 aromatic heterocycles. The molecule has 3 heteroatoms. The Morgan fingerprint density at radius 3 is 2.93 bits per heavy atom. The number of methoxy groups -OCH3 is 1. The minimum absolute atomic E-state index is 0.747. The third-order valence-corrected chi connectivity index (χ3v) is 2.51. The quantitative estimate of drug-likeness (QED) is 0.789. The number of H-pyrrole nitrogens is 1. The number of nitrogens with zero attached hydrogens (tertiary/aromatic N) is 1. The van der Waals surface area contributed by atoms with Crippen LogP contribution in [-0.2, 0) is 6.42 Å². The maximum Gasteiger partial charge on any atom is 0.217 e. The molecule has 74 valence electrons. The molecule has 14 heavy (non-hydrogen) atoms. The summed E-state index contributed by atoms with van der Waals surface area (Å²) in [6, 6.07) is 2.07. The van der Waals surface area contributed by atoms with E-state index in [-0.39, 0.29) is 0 Å². The Morgan fingerprint density at radius 2 is 2.29 bits per heavy atom. The van der Waals surface area contributed by atoms with Crippen molar-refractivity contribution < 1.29 is 4.74 Å². The van der Waals surface area contributed by atoms with Crippen molar-refractivity contribution >= 4 is 10.9 Å². The monoisotopic (exact) mass is 190 g/mol. The highest BCUT2D eigenvalue weighted by Crippen LogP contribution is 2.27.